The first-order chi connectivity index (χ1) is 21.4. The van der Waals surface area contributed by atoms with E-state index in [0.717, 1.165) is 41.7 Å². The number of pyridine rings is 1. The van der Waals surface area contributed by atoms with Gasteiger partial charge in [0.1, 0.15) is 17.3 Å². The van der Waals surface area contributed by atoms with E-state index in [0.29, 0.717) is 23.2 Å². The van der Waals surface area contributed by atoms with Crippen LogP contribution in [0, 0.1) is 18.8 Å². The number of aliphatic hydroxyl groups is 1. The number of methoxy groups -OCH3 is 1. The summed E-state index contributed by atoms with van der Waals surface area (Å²) in [6.45, 7) is 7.79. The molecule has 2 aromatic carbocycles. The number of benzene rings is 2. The first-order valence-corrected chi connectivity index (χ1v) is 16.5. The number of ether oxygens (including phenoxy) is 1. The van der Waals surface area contributed by atoms with Crippen molar-refractivity contribution in [2.75, 3.05) is 38.0 Å². The third-order valence-electron chi connectivity index (χ3n) is 9.08. The quantitative estimate of drug-likeness (QED) is 0.218. The van der Waals surface area contributed by atoms with E-state index < -0.39 is 22.1 Å². The Balaban J connectivity index is 0.000000180. The molecule has 3 aliphatic rings. The highest BCUT2D eigenvalue weighted by Crippen LogP contribution is 2.42. The Morgan fingerprint density at radius 3 is 2.56 bits per heavy atom. The standard InChI is InChI=1S/C20H24N2O2.C13H17N3O4S/c1-3-13-12-22-9-7-14(13)10-19(22)20(23)16-6-8-21-18-5-4-15(24-2)11-17(16)18;1-10-12(14(2)9-21(18,19)20)13(17)16(15(10)3)11-7-5-4-6-8-11/h3-6,8,11,13-14,19-20,23H,1,7,9-10,12H2,2H3;4-8H,9H2,1-3H3,(H,18,19,20)/t13-,14+,19-,20+;/m0./s1. The topological polar surface area (TPSA) is 130 Å². The van der Waals surface area contributed by atoms with Crippen molar-refractivity contribution < 1.29 is 22.8 Å². The highest BCUT2D eigenvalue weighted by molar-refractivity contribution is 7.85. The summed E-state index contributed by atoms with van der Waals surface area (Å²) in [6, 6.07) is 17.0. The summed E-state index contributed by atoms with van der Waals surface area (Å²) in [5.74, 6) is 1.37. The third-order valence-corrected chi connectivity index (χ3v) is 9.80. The molecule has 2 bridgehead atoms. The van der Waals surface area contributed by atoms with Crippen molar-refractivity contribution in [3.63, 3.8) is 0 Å². The van der Waals surface area contributed by atoms with Gasteiger partial charge in [-0.05, 0) is 80.1 Å². The van der Waals surface area contributed by atoms with Crippen molar-refractivity contribution >= 4 is 26.7 Å². The maximum atomic E-state index is 12.6. The molecule has 0 spiro atoms. The molecule has 3 saturated heterocycles. The molecule has 45 heavy (non-hydrogen) atoms. The number of piperidine rings is 3. The number of fused-ring (bicyclic) bond motifs is 4. The van der Waals surface area contributed by atoms with Crippen molar-refractivity contribution in [3.05, 3.63) is 95.1 Å². The first kappa shape index (κ1) is 32.4. The average molecular weight is 636 g/mol. The van der Waals surface area contributed by atoms with Crippen molar-refractivity contribution in [1.29, 1.82) is 0 Å². The molecular formula is C33H41N5O6S. The molecule has 0 amide bonds. The Hall–Kier alpha value is -3.97. The second-order valence-electron chi connectivity index (χ2n) is 11.8. The van der Waals surface area contributed by atoms with Crippen LogP contribution in [-0.4, -0.2) is 76.5 Å². The molecular weight excluding hydrogens is 594 g/mol. The second kappa shape index (κ2) is 13.2. The third kappa shape index (κ3) is 6.69. The van der Waals surface area contributed by atoms with Gasteiger partial charge in [0, 0.05) is 38.3 Å². The van der Waals surface area contributed by atoms with Crippen LogP contribution in [0.15, 0.2) is 78.2 Å². The van der Waals surface area contributed by atoms with Gasteiger partial charge < -0.3 is 14.7 Å². The fourth-order valence-electron chi connectivity index (χ4n) is 6.75. The summed E-state index contributed by atoms with van der Waals surface area (Å²) in [5, 5.41) is 12.1. The van der Waals surface area contributed by atoms with Gasteiger partial charge in [0.2, 0.25) is 0 Å². The predicted octanol–water partition coefficient (Wildman–Crippen LogP) is 3.94. The zero-order chi connectivity index (χ0) is 32.5. The molecule has 12 heteroatoms. The number of para-hydroxylation sites is 1. The van der Waals surface area contributed by atoms with E-state index in [-0.39, 0.29) is 17.3 Å². The van der Waals surface area contributed by atoms with Crippen molar-refractivity contribution in [2.45, 2.75) is 31.9 Å². The minimum absolute atomic E-state index is 0.178. The number of nitrogens with zero attached hydrogens (tertiary/aromatic N) is 5. The van der Waals surface area contributed by atoms with Crippen LogP contribution in [0.25, 0.3) is 16.6 Å². The van der Waals surface area contributed by atoms with E-state index in [1.54, 1.807) is 44.1 Å². The van der Waals surface area contributed by atoms with Crippen LogP contribution < -0.4 is 15.2 Å². The van der Waals surface area contributed by atoms with E-state index in [4.69, 9.17) is 9.29 Å². The highest BCUT2D eigenvalue weighted by atomic mass is 32.2. The zero-order valence-corrected chi connectivity index (χ0v) is 26.9. The van der Waals surface area contributed by atoms with Crippen LogP contribution in [0.2, 0.25) is 0 Å². The minimum Gasteiger partial charge on any atom is -0.497 e. The summed E-state index contributed by atoms with van der Waals surface area (Å²) in [4.78, 5) is 20.6. The van der Waals surface area contributed by atoms with Gasteiger partial charge in [-0.1, -0.05) is 24.3 Å². The van der Waals surface area contributed by atoms with Crippen LogP contribution in [0.3, 0.4) is 0 Å². The van der Waals surface area contributed by atoms with Crippen LogP contribution in [0.5, 0.6) is 5.75 Å². The van der Waals surface area contributed by atoms with Crippen LogP contribution in [0.4, 0.5) is 5.69 Å². The van der Waals surface area contributed by atoms with E-state index in [2.05, 4.69) is 22.5 Å². The number of aromatic nitrogens is 3. The smallest absolute Gasteiger partial charge is 0.295 e. The summed E-state index contributed by atoms with van der Waals surface area (Å²) in [6.07, 6.45) is 5.62. The lowest BCUT2D eigenvalue weighted by molar-refractivity contribution is -0.0444. The number of anilines is 1. The molecule has 4 aromatic rings. The molecule has 0 aliphatic carbocycles. The molecule has 1 unspecified atom stereocenters. The first-order valence-electron chi connectivity index (χ1n) is 14.9. The Morgan fingerprint density at radius 1 is 1.20 bits per heavy atom. The van der Waals surface area contributed by atoms with Gasteiger partial charge in [0.05, 0.1) is 30.1 Å². The summed E-state index contributed by atoms with van der Waals surface area (Å²) >= 11 is 0. The largest absolute Gasteiger partial charge is 0.497 e. The Bertz CT molecular complexity index is 1840. The number of rotatable bonds is 8. The molecule has 2 aromatic heterocycles. The summed E-state index contributed by atoms with van der Waals surface area (Å²) in [7, 11) is 0.625. The SMILES string of the molecule is C=C[C@H]1CN2CC[C@@H]1C[C@H]2[C@H](O)c1ccnc2ccc(OC)cc12.Cc1c(N(C)CS(=O)(=O)O)c(=O)n(-c2ccccc2)n1C. The zero-order valence-electron chi connectivity index (χ0n) is 26.1. The lowest BCUT2D eigenvalue weighted by Gasteiger charge is -2.50. The summed E-state index contributed by atoms with van der Waals surface area (Å²) < 4.78 is 39.4. The fraction of sp³-hybridized carbons (Fsp3) is 0.394. The lowest BCUT2D eigenvalue weighted by atomic mass is 9.73. The lowest BCUT2D eigenvalue weighted by Crippen LogP contribution is -2.54. The molecule has 0 saturated carbocycles. The molecule has 5 heterocycles. The summed E-state index contributed by atoms with van der Waals surface area (Å²) in [5.41, 5.74) is 3.03. The van der Waals surface area contributed by atoms with E-state index in [1.807, 2.05) is 42.5 Å². The Labute approximate surface area is 263 Å². The Kier molecular flexibility index (Phi) is 9.49. The van der Waals surface area contributed by atoms with Crippen LogP contribution in [0.1, 0.15) is 30.2 Å². The second-order valence-corrected chi connectivity index (χ2v) is 13.2. The molecule has 2 N–H and O–H groups in total. The van der Waals surface area contributed by atoms with Gasteiger partial charge in [0.15, 0.2) is 0 Å². The maximum absolute atomic E-state index is 12.6. The van der Waals surface area contributed by atoms with Crippen molar-refractivity contribution in [2.24, 2.45) is 18.9 Å². The maximum Gasteiger partial charge on any atom is 0.295 e. The molecule has 7 rings (SSSR count). The fourth-order valence-corrected chi connectivity index (χ4v) is 7.37. The molecule has 240 valence electrons. The van der Waals surface area contributed by atoms with Gasteiger partial charge >= 0.3 is 0 Å². The molecule has 5 atom stereocenters. The minimum atomic E-state index is -4.20. The van der Waals surface area contributed by atoms with Crippen molar-refractivity contribution in [1.82, 2.24) is 19.2 Å². The van der Waals surface area contributed by atoms with E-state index in [1.165, 1.54) is 23.1 Å². The monoisotopic (exact) mass is 635 g/mol. The van der Waals surface area contributed by atoms with Crippen LogP contribution in [-0.2, 0) is 17.2 Å². The van der Waals surface area contributed by atoms with E-state index >= 15 is 0 Å². The predicted molar refractivity (Wildman–Crippen MR) is 176 cm³/mol. The molecule has 0 radical (unpaired) electrons. The van der Waals surface area contributed by atoms with Crippen molar-refractivity contribution in [3.8, 4) is 11.4 Å². The Morgan fingerprint density at radius 2 is 1.93 bits per heavy atom. The van der Waals surface area contributed by atoms with Gasteiger partial charge in [-0.2, -0.15) is 8.42 Å². The number of aliphatic hydroxyl groups excluding tert-OH is 1. The normalized spacial score (nSPS) is 21.6. The average Bonchev–Trinajstić information content (AvgIpc) is 3.26. The van der Waals surface area contributed by atoms with Gasteiger partial charge in [-0.15, -0.1) is 6.58 Å². The molecule has 11 nitrogen and oxygen atoms in total. The number of hydrogen-bond acceptors (Lipinski definition) is 8. The van der Waals surface area contributed by atoms with Gasteiger partial charge in [-0.25, -0.2) is 4.68 Å². The highest BCUT2D eigenvalue weighted by Gasteiger charge is 2.42. The van der Waals surface area contributed by atoms with Crippen LogP contribution >= 0.6 is 0 Å². The van der Waals surface area contributed by atoms with E-state index in [9.17, 15) is 18.3 Å². The number of hydrogen-bond donors (Lipinski definition) is 2. The van der Waals surface area contributed by atoms with Gasteiger partial charge in [-0.3, -0.25) is 23.9 Å². The molecule has 3 fully saturated rings. The molecule has 3 aliphatic heterocycles. The van der Waals surface area contributed by atoms with Gasteiger partial charge in [0.25, 0.3) is 15.7 Å².